The average molecular weight is 334 g/mol. The SMILES string of the molecule is CCOC1CCN(C(=O)N[C@@H](c2ccc(F)cc2)C2CCC2)CC1. The second-order valence-electron chi connectivity index (χ2n) is 6.81. The lowest BCUT2D eigenvalue weighted by Crippen LogP contribution is -2.48. The summed E-state index contributed by atoms with van der Waals surface area (Å²) in [6.07, 6.45) is 5.51. The Balaban J connectivity index is 1.60. The zero-order valence-electron chi connectivity index (χ0n) is 14.3. The van der Waals surface area contributed by atoms with E-state index in [2.05, 4.69) is 5.32 Å². The van der Waals surface area contributed by atoms with E-state index in [0.717, 1.165) is 50.9 Å². The number of benzene rings is 1. The summed E-state index contributed by atoms with van der Waals surface area (Å²) in [4.78, 5) is 14.5. The minimum absolute atomic E-state index is 0.00817. The molecule has 0 unspecified atom stereocenters. The second-order valence-corrected chi connectivity index (χ2v) is 6.81. The molecule has 2 aliphatic rings. The lowest BCUT2D eigenvalue weighted by molar-refractivity contribution is 0.0214. The van der Waals surface area contributed by atoms with Gasteiger partial charge >= 0.3 is 6.03 Å². The lowest BCUT2D eigenvalue weighted by atomic mass is 9.77. The van der Waals surface area contributed by atoms with Gasteiger partial charge in [-0.1, -0.05) is 18.6 Å². The highest BCUT2D eigenvalue weighted by molar-refractivity contribution is 5.75. The largest absolute Gasteiger partial charge is 0.378 e. The summed E-state index contributed by atoms with van der Waals surface area (Å²) in [7, 11) is 0. The van der Waals surface area contributed by atoms with E-state index in [1.165, 1.54) is 18.6 Å². The number of hydrogen-bond donors (Lipinski definition) is 1. The van der Waals surface area contributed by atoms with Crippen molar-refractivity contribution in [2.24, 2.45) is 5.92 Å². The Hall–Kier alpha value is -1.62. The van der Waals surface area contributed by atoms with Gasteiger partial charge in [0, 0.05) is 19.7 Å². The molecular formula is C19H27FN2O2. The van der Waals surface area contributed by atoms with Gasteiger partial charge in [0.25, 0.3) is 0 Å². The number of hydrogen-bond acceptors (Lipinski definition) is 2. The van der Waals surface area contributed by atoms with E-state index < -0.39 is 0 Å². The molecule has 1 aliphatic carbocycles. The highest BCUT2D eigenvalue weighted by Crippen LogP contribution is 2.38. The smallest absolute Gasteiger partial charge is 0.317 e. The first kappa shape index (κ1) is 17.2. The van der Waals surface area contributed by atoms with E-state index in [1.54, 1.807) is 12.1 Å². The second kappa shape index (κ2) is 7.97. The average Bonchev–Trinajstić information content (AvgIpc) is 2.54. The van der Waals surface area contributed by atoms with Crippen molar-refractivity contribution in [1.29, 1.82) is 0 Å². The normalized spacial score (nSPS) is 20.5. The van der Waals surface area contributed by atoms with Crippen molar-refractivity contribution in [3.8, 4) is 0 Å². The van der Waals surface area contributed by atoms with Gasteiger partial charge in [-0.3, -0.25) is 0 Å². The fourth-order valence-electron chi connectivity index (χ4n) is 3.60. The first-order valence-electron chi connectivity index (χ1n) is 9.10. The summed E-state index contributed by atoms with van der Waals surface area (Å²) in [6, 6.07) is 6.50. The van der Waals surface area contributed by atoms with Crippen LogP contribution in [0, 0.1) is 11.7 Å². The van der Waals surface area contributed by atoms with E-state index in [4.69, 9.17) is 4.74 Å². The summed E-state index contributed by atoms with van der Waals surface area (Å²) in [5.41, 5.74) is 0.999. The van der Waals surface area contributed by atoms with Crippen molar-refractivity contribution in [1.82, 2.24) is 10.2 Å². The van der Waals surface area contributed by atoms with Gasteiger partial charge in [-0.2, -0.15) is 0 Å². The molecule has 0 bridgehead atoms. The Bertz CT molecular complexity index is 537. The van der Waals surface area contributed by atoms with Crippen LogP contribution >= 0.6 is 0 Å². The van der Waals surface area contributed by atoms with Crippen LogP contribution in [0.1, 0.15) is 50.6 Å². The fourth-order valence-corrected chi connectivity index (χ4v) is 3.60. The van der Waals surface area contributed by atoms with Crippen LogP contribution < -0.4 is 5.32 Å². The van der Waals surface area contributed by atoms with Gasteiger partial charge in [-0.15, -0.1) is 0 Å². The van der Waals surface area contributed by atoms with E-state index in [-0.39, 0.29) is 24.0 Å². The van der Waals surface area contributed by atoms with Crippen LogP contribution in [-0.4, -0.2) is 36.7 Å². The molecule has 1 N–H and O–H groups in total. The quantitative estimate of drug-likeness (QED) is 0.888. The Morgan fingerprint density at radius 3 is 2.46 bits per heavy atom. The zero-order valence-corrected chi connectivity index (χ0v) is 14.3. The van der Waals surface area contributed by atoms with E-state index in [0.29, 0.717) is 5.92 Å². The van der Waals surface area contributed by atoms with Crippen molar-refractivity contribution in [2.75, 3.05) is 19.7 Å². The van der Waals surface area contributed by atoms with Gasteiger partial charge in [0.15, 0.2) is 0 Å². The Morgan fingerprint density at radius 2 is 1.92 bits per heavy atom. The summed E-state index contributed by atoms with van der Waals surface area (Å²) in [5, 5.41) is 3.19. The summed E-state index contributed by atoms with van der Waals surface area (Å²) in [6.45, 7) is 4.20. The van der Waals surface area contributed by atoms with Crippen molar-refractivity contribution < 1.29 is 13.9 Å². The van der Waals surface area contributed by atoms with Crippen molar-refractivity contribution in [2.45, 2.75) is 51.2 Å². The van der Waals surface area contributed by atoms with Gasteiger partial charge in [0.1, 0.15) is 5.82 Å². The first-order chi connectivity index (χ1) is 11.7. The van der Waals surface area contributed by atoms with Crippen LogP contribution in [0.15, 0.2) is 24.3 Å². The molecule has 0 aromatic heterocycles. The number of urea groups is 1. The molecule has 1 aromatic carbocycles. The molecule has 132 valence electrons. The van der Waals surface area contributed by atoms with Crippen LogP contribution in [0.2, 0.25) is 0 Å². The van der Waals surface area contributed by atoms with Gasteiger partial charge in [0.05, 0.1) is 12.1 Å². The first-order valence-corrected chi connectivity index (χ1v) is 9.10. The fraction of sp³-hybridized carbons (Fsp3) is 0.632. The molecule has 0 radical (unpaired) electrons. The minimum atomic E-state index is -0.240. The van der Waals surface area contributed by atoms with Gasteiger partial charge in [-0.25, -0.2) is 9.18 Å². The molecule has 2 fully saturated rings. The third-order valence-electron chi connectivity index (χ3n) is 5.26. The lowest BCUT2D eigenvalue weighted by Gasteiger charge is -2.37. The number of likely N-dealkylation sites (tertiary alicyclic amines) is 1. The number of rotatable bonds is 5. The highest BCUT2D eigenvalue weighted by Gasteiger charge is 2.32. The molecule has 3 rings (SSSR count). The summed E-state index contributed by atoms with van der Waals surface area (Å²) >= 11 is 0. The van der Waals surface area contributed by atoms with E-state index in [1.807, 2.05) is 11.8 Å². The molecule has 1 aliphatic heterocycles. The number of ether oxygens (including phenoxy) is 1. The van der Waals surface area contributed by atoms with Crippen molar-refractivity contribution >= 4 is 6.03 Å². The van der Waals surface area contributed by atoms with Crippen molar-refractivity contribution in [3.63, 3.8) is 0 Å². The third-order valence-corrected chi connectivity index (χ3v) is 5.26. The molecule has 1 saturated carbocycles. The predicted octanol–water partition coefficient (Wildman–Crippen LogP) is 3.88. The topological polar surface area (TPSA) is 41.6 Å². The van der Waals surface area contributed by atoms with Crippen LogP contribution in [0.4, 0.5) is 9.18 Å². The van der Waals surface area contributed by atoms with Crippen LogP contribution in [0.3, 0.4) is 0 Å². The van der Waals surface area contributed by atoms with Crippen LogP contribution in [0.25, 0.3) is 0 Å². The van der Waals surface area contributed by atoms with Crippen LogP contribution in [0.5, 0.6) is 0 Å². The van der Waals surface area contributed by atoms with Gasteiger partial charge in [-0.05, 0) is 56.2 Å². The number of amides is 2. The zero-order chi connectivity index (χ0) is 16.9. The Kier molecular flexibility index (Phi) is 5.72. The molecule has 1 aromatic rings. The molecule has 1 atom stereocenters. The monoisotopic (exact) mass is 334 g/mol. The number of piperidine rings is 1. The van der Waals surface area contributed by atoms with Crippen LogP contribution in [-0.2, 0) is 4.74 Å². The molecule has 2 amide bonds. The molecule has 24 heavy (non-hydrogen) atoms. The van der Waals surface area contributed by atoms with Gasteiger partial charge < -0.3 is 15.0 Å². The number of carbonyl (C=O) groups is 1. The van der Waals surface area contributed by atoms with Crippen molar-refractivity contribution in [3.05, 3.63) is 35.6 Å². The third kappa shape index (κ3) is 4.07. The number of nitrogens with zero attached hydrogens (tertiary/aromatic N) is 1. The number of carbonyl (C=O) groups excluding carboxylic acids is 1. The molecule has 5 heteroatoms. The summed E-state index contributed by atoms with van der Waals surface area (Å²) < 4.78 is 18.8. The maximum absolute atomic E-state index is 13.2. The number of halogens is 1. The Labute approximate surface area is 143 Å². The van der Waals surface area contributed by atoms with Gasteiger partial charge in [0.2, 0.25) is 0 Å². The standard InChI is InChI=1S/C19H27FN2O2/c1-2-24-17-10-12-22(13-11-17)19(23)21-18(14-4-3-5-14)15-6-8-16(20)9-7-15/h6-9,14,17-18H,2-5,10-13H2,1H3,(H,21,23)/t18-/m1/s1. The van der Waals surface area contributed by atoms with E-state index in [9.17, 15) is 9.18 Å². The minimum Gasteiger partial charge on any atom is -0.378 e. The maximum Gasteiger partial charge on any atom is 0.317 e. The molecule has 0 spiro atoms. The molecular weight excluding hydrogens is 307 g/mol. The summed E-state index contributed by atoms with van der Waals surface area (Å²) in [5.74, 6) is 0.218. The maximum atomic E-state index is 13.2. The molecule has 1 saturated heterocycles. The number of nitrogens with one attached hydrogen (secondary N) is 1. The molecule has 4 nitrogen and oxygen atoms in total. The Morgan fingerprint density at radius 1 is 1.25 bits per heavy atom. The predicted molar refractivity (Wildman–Crippen MR) is 91.2 cm³/mol. The highest BCUT2D eigenvalue weighted by atomic mass is 19.1. The van der Waals surface area contributed by atoms with E-state index >= 15 is 0 Å². The molecule has 1 heterocycles.